The molecule has 0 spiro atoms. The summed E-state index contributed by atoms with van der Waals surface area (Å²) in [6.07, 6.45) is 6.39. The number of nitrogens with one attached hydrogen (secondary N) is 1. The van der Waals surface area contributed by atoms with Crippen molar-refractivity contribution in [3.63, 3.8) is 0 Å². The van der Waals surface area contributed by atoms with Gasteiger partial charge in [0, 0.05) is 51.0 Å². The zero-order valence-corrected chi connectivity index (χ0v) is 15.2. The van der Waals surface area contributed by atoms with Crippen LogP contribution in [0.3, 0.4) is 0 Å². The lowest BCUT2D eigenvalue weighted by Crippen LogP contribution is -2.19. The van der Waals surface area contributed by atoms with Crippen LogP contribution in [-0.4, -0.2) is 32.8 Å². The maximum Gasteiger partial charge on any atom is 0.144 e. The summed E-state index contributed by atoms with van der Waals surface area (Å²) in [5, 5.41) is 10.9. The molecule has 25 heavy (non-hydrogen) atoms. The minimum Gasteiger partial charge on any atom is -0.357 e. The molecule has 0 aliphatic carbocycles. The van der Waals surface area contributed by atoms with Gasteiger partial charge in [0.15, 0.2) is 0 Å². The zero-order chi connectivity index (χ0) is 17.1. The molecule has 1 N–H and O–H groups in total. The molecule has 0 amide bonds. The molecule has 4 rings (SSSR count). The average molecular weight is 354 g/mol. The fraction of sp³-hybridized carbons (Fsp3) is 0.389. The minimum absolute atomic E-state index is 0.755. The van der Waals surface area contributed by atoms with Gasteiger partial charge < -0.3 is 10.2 Å². The summed E-state index contributed by atoms with van der Waals surface area (Å²) in [6, 6.07) is 6.26. The van der Waals surface area contributed by atoms with Gasteiger partial charge in [-0.1, -0.05) is 0 Å². The Bertz CT molecular complexity index is 833. The van der Waals surface area contributed by atoms with E-state index in [9.17, 15) is 0 Å². The molecule has 1 aliphatic heterocycles. The monoisotopic (exact) mass is 354 g/mol. The van der Waals surface area contributed by atoms with E-state index in [0.29, 0.717) is 0 Å². The van der Waals surface area contributed by atoms with Crippen LogP contribution in [0.15, 0.2) is 36.0 Å². The first kappa shape index (κ1) is 16.2. The highest BCUT2D eigenvalue weighted by Gasteiger charge is 2.13. The summed E-state index contributed by atoms with van der Waals surface area (Å²) in [4.78, 5) is 11.5. The second-order valence-corrected chi connectivity index (χ2v) is 7.20. The normalized spacial score (nSPS) is 14.4. The van der Waals surface area contributed by atoms with Gasteiger partial charge >= 0.3 is 0 Å². The van der Waals surface area contributed by atoms with Crippen LogP contribution in [0.25, 0.3) is 10.7 Å². The van der Waals surface area contributed by atoms with Gasteiger partial charge in [0.05, 0.1) is 5.69 Å². The molecule has 3 aromatic heterocycles. The minimum atomic E-state index is 0.755. The summed E-state index contributed by atoms with van der Waals surface area (Å²) < 4.78 is 1.80. The molecule has 130 valence electrons. The highest BCUT2D eigenvalue weighted by atomic mass is 32.1. The predicted octanol–water partition coefficient (Wildman–Crippen LogP) is 2.83. The summed E-state index contributed by atoms with van der Waals surface area (Å²) in [6.45, 7) is 3.82. The maximum atomic E-state index is 4.67. The molecule has 3 aromatic rings. The van der Waals surface area contributed by atoms with E-state index in [1.807, 2.05) is 25.5 Å². The van der Waals surface area contributed by atoms with Crippen LogP contribution in [0.1, 0.15) is 24.1 Å². The summed E-state index contributed by atoms with van der Waals surface area (Å²) in [5.74, 6) is 1.10. The highest BCUT2D eigenvalue weighted by molar-refractivity contribution is 7.13. The van der Waals surface area contributed by atoms with Crippen LogP contribution in [0.2, 0.25) is 0 Å². The Kier molecular flexibility index (Phi) is 4.76. The quantitative estimate of drug-likeness (QED) is 0.738. The number of aryl methyl sites for hydroxylation is 1. The smallest absolute Gasteiger partial charge is 0.144 e. The Hall–Kier alpha value is -2.25. The zero-order valence-electron chi connectivity index (χ0n) is 14.4. The van der Waals surface area contributed by atoms with E-state index in [1.165, 1.54) is 18.4 Å². The lowest BCUT2D eigenvalue weighted by atomic mass is 10.2. The SMILES string of the molecule is Cn1ccc(-c2nc(CNCc3ccnc(N4CCCC4)c3)cs2)n1. The molecule has 6 nitrogen and oxygen atoms in total. The molecule has 0 bridgehead atoms. The van der Waals surface area contributed by atoms with Crippen LogP contribution in [0, 0.1) is 0 Å². The fourth-order valence-electron chi connectivity index (χ4n) is 3.06. The predicted molar refractivity (Wildman–Crippen MR) is 101 cm³/mol. The van der Waals surface area contributed by atoms with Gasteiger partial charge in [-0.15, -0.1) is 11.3 Å². The Morgan fingerprint density at radius 1 is 1.20 bits per heavy atom. The van der Waals surface area contributed by atoms with Gasteiger partial charge in [-0.3, -0.25) is 4.68 Å². The van der Waals surface area contributed by atoms with Crippen molar-refractivity contribution in [1.82, 2.24) is 25.1 Å². The van der Waals surface area contributed by atoms with E-state index in [0.717, 1.165) is 48.4 Å². The van der Waals surface area contributed by atoms with Gasteiger partial charge in [-0.25, -0.2) is 9.97 Å². The van der Waals surface area contributed by atoms with E-state index in [2.05, 4.69) is 42.8 Å². The van der Waals surface area contributed by atoms with Crippen LogP contribution < -0.4 is 10.2 Å². The van der Waals surface area contributed by atoms with Crippen molar-refractivity contribution in [2.45, 2.75) is 25.9 Å². The molecular weight excluding hydrogens is 332 g/mol. The van der Waals surface area contributed by atoms with E-state index >= 15 is 0 Å². The number of hydrogen-bond donors (Lipinski definition) is 1. The number of hydrogen-bond acceptors (Lipinski definition) is 6. The maximum absolute atomic E-state index is 4.67. The molecule has 1 aliphatic rings. The largest absolute Gasteiger partial charge is 0.357 e. The summed E-state index contributed by atoms with van der Waals surface area (Å²) in [7, 11) is 1.92. The Balaban J connectivity index is 1.33. The van der Waals surface area contributed by atoms with Crippen molar-refractivity contribution in [3.05, 3.63) is 47.2 Å². The molecule has 0 unspecified atom stereocenters. The van der Waals surface area contributed by atoms with E-state index in [1.54, 1.807) is 16.0 Å². The molecule has 4 heterocycles. The summed E-state index contributed by atoms with van der Waals surface area (Å²) >= 11 is 1.64. The second kappa shape index (κ2) is 7.33. The van der Waals surface area contributed by atoms with Crippen LogP contribution >= 0.6 is 11.3 Å². The van der Waals surface area contributed by atoms with Gasteiger partial charge in [0.2, 0.25) is 0 Å². The number of pyridine rings is 1. The topological polar surface area (TPSA) is 58.9 Å². The molecule has 0 aromatic carbocycles. The molecule has 7 heteroatoms. The first-order valence-corrected chi connectivity index (χ1v) is 9.51. The third kappa shape index (κ3) is 3.88. The second-order valence-electron chi connectivity index (χ2n) is 6.34. The van der Waals surface area contributed by atoms with Crippen molar-refractivity contribution in [2.24, 2.45) is 7.05 Å². The van der Waals surface area contributed by atoms with Crippen LogP contribution in [-0.2, 0) is 20.1 Å². The van der Waals surface area contributed by atoms with E-state index in [4.69, 9.17) is 0 Å². The third-order valence-corrected chi connectivity index (χ3v) is 5.27. The van der Waals surface area contributed by atoms with E-state index < -0.39 is 0 Å². The number of aromatic nitrogens is 4. The Morgan fingerprint density at radius 3 is 2.88 bits per heavy atom. The third-order valence-electron chi connectivity index (χ3n) is 4.36. The first-order valence-electron chi connectivity index (χ1n) is 8.63. The Morgan fingerprint density at radius 2 is 2.08 bits per heavy atom. The number of thiazole rings is 1. The van der Waals surface area contributed by atoms with Crippen molar-refractivity contribution in [3.8, 4) is 10.7 Å². The lowest BCUT2D eigenvalue weighted by Gasteiger charge is -2.16. The van der Waals surface area contributed by atoms with Crippen molar-refractivity contribution >= 4 is 17.2 Å². The summed E-state index contributed by atoms with van der Waals surface area (Å²) in [5.41, 5.74) is 3.25. The molecule has 0 atom stereocenters. The number of rotatable bonds is 6. The lowest BCUT2D eigenvalue weighted by molar-refractivity contribution is 0.682. The van der Waals surface area contributed by atoms with Crippen LogP contribution in [0.4, 0.5) is 5.82 Å². The van der Waals surface area contributed by atoms with Gasteiger partial charge in [0.1, 0.15) is 16.5 Å². The first-order chi connectivity index (χ1) is 12.3. The molecule has 1 fully saturated rings. The molecule has 0 saturated carbocycles. The molecule has 1 saturated heterocycles. The number of nitrogens with zero attached hydrogens (tertiary/aromatic N) is 5. The van der Waals surface area contributed by atoms with Gasteiger partial charge in [0.25, 0.3) is 0 Å². The van der Waals surface area contributed by atoms with Crippen LogP contribution in [0.5, 0.6) is 0 Å². The number of anilines is 1. The van der Waals surface area contributed by atoms with E-state index in [-0.39, 0.29) is 0 Å². The van der Waals surface area contributed by atoms with Gasteiger partial charge in [-0.2, -0.15) is 5.10 Å². The van der Waals surface area contributed by atoms with Crippen molar-refractivity contribution < 1.29 is 0 Å². The van der Waals surface area contributed by atoms with Crippen molar-refractivity contribution in [1.29, 1.82) is 0 Å². The van der Waals surface area contributed by atoms with Crippen molar-refractivity contribution in [2.75, 3.05) is 18.0 Å². The highest BCUT2D eigenvalue weighted by Crippen LogP contribution is 2.22. The van der Waals surface area contributed by atoms with Gasteiger partial charge in [-0.05, 0) is 36.6 Å². The standard InChI is InChI=1S/C18H22N6S/c1-23-9-5-16(22-23)18-21-15(13-25-18)12-19-11-14-4-6-20-17(10-14)24-7-2-3-8-24/h4-6,9-10,13,19H,2-3,7-8,11-12H2,1H3. The average Bonchev–Trinajstić information content (AvgIpc) is 3.36. The fourth-order valence-corrected chi connectivity index (χ4v) is 3.84. The molecule has 0 radical (unpaired) electrons. The molecular formula is C18H22N6S. The Labute approximate surface area is 151 Å².